The lowest BCUT2D eigenvalue weighted by atomic mass is 9.81. The molecule has 0 amide bonds. The van der Waals surface area contributed by atoms with Gasteiger partial charge in [0.2, 0.25) is 0 Å². The molecule has 0 spiro atoms. The fourth-order valence-corrected chi connectivity index (χ4v) is 5.72. The summed E-state index contributed by atoms with van der Waals surface area (Å²) >= 11 is 6.38. The van der Waals surface area contributed by atoms with Crippen LogP contribution in [0.5, 0.6) is 0 Å². The summed E-state index contributed by atoms with van der Waals surface area (Å²) in [6.07, 6.45) is 4.68. The molecule has 0 radical (unpaired) electrons. The minimum Gasteiger partial charge on any atom is -0.401 e. The van der Waals surface area contributed by atoms with Gasteiger partial charge in [0, 0.05) is 24.9 Å². The number of likely N-dealkylation sites (tertiary alicyclic amines) is 1. The standard InChI is InChI=1S/C26H31ClN6O/c1-26(2)19-14-17(16-8-11-32(12-9-16)13-10-18(28)15-30-29)6-7-21(19)33-22-5-3-4-20(27)23(22)24(34)31-25(26)33/h3-7,14-16,30H,8-13,28-29H2,1-2H3/b18-15-. The molecule has 5 N–H and O–H groups in total. The molecule has 1 fully saturated rings. The number of nitrogens with one attached hydrogen (secondary N) is 1. The molecule has 5 rings (SSSR count). The smallest absolute Gasteiger partial charge is 0.282 e. The van der Waals surface area contributed by atoms with E-state index in [0.717, 1.165) is 61.6 Å². The predicted molar refractivity (Wildman–Crippen MR) is 137 cm³/mol. The summed E-state index contributed by atoms with van der Waals surface area (Å²) in [6.45, 7) is 7.34. The summed E-state index contributed by atoms with van der Waals surface area (Å²) in [5.41, 5.74) is 13.0. The van der Waals surface area contributed by atoms with Crippen molar-refractivity contribution in [2.24, 2.45) is 11.6 Å². The zero-order valence-electron chi connectivity index (χ0n) is 19.6. The molecule has 2 aromatic carbocycles. The van der Waals surface area contributed by atoms with Gasteiger partial charge >= 0.3 is 0 Å². The monoisotopic (exact) mass is 478 g/mol. The van der Waals surface area contributed by atoms with Crippen molar-refractivity contribution in [2.45, 2.75) is 44.4 Å². The maximum atomic E-state index is 12.8. The number of rotatable bonds is 5. The Morgan fingerprint density at radius 3 is 2.76 bits per heavy atom. The topological polar surface area (TPSA) is 102 Å². The van der Waals surface area contributed by atoms with Crippen LogP contribution in [-0.2, 0) is 5.41 Å². The maximum Gasteiger partial charge on any atom is 0.282 e. The number of aromatic nitrogens is 2. The van der Waals surface area contributed by atoms with Gasteiger partial charge in [-0.3, -0.25) is 15.2 Å². The summed E-state index contributed by atoms with van der Waals surface area (Å²) in [4.78, 5) is 19.8. The van der Waals surface area contributed by atoms with Crippen LogP contribution in [0.2, 0.25) is 5.02 Å². The Labute approximate surface area is 204 Å². The largest absolute Gasteiger partial charge is 0.401 e. The first-order chi connectivity index (χ1) is 16.3. The van der Waals surface area contributed by atoms with Crippen LogP contribution in [0, 0.1) is 0 Å². The molecule has 3 heterocycles. The van der Waals surface area contributed by atoms with Crippen LogP contribution in [0.3, 0.4) is 0 Å². The molecule has 0 atom stereocenters. The molecule has 8 heteroatoms. The van der Waals surface area contributed by atoms with Crippen molar-refractivity contribution in [1.82, 2.24) is 19.9 Å². The number of hydrogen-bond acceptors (Lipinski definition) is 6. The van der Waals surface area contributed by atoms with Gasteiger partial charge in [-0.25, -0.2) is 0 Å². The third kappa shape index (κ3) is 3.78. The molecule has 2 aliphatic heterocycles. The van der Waals surface area contributed by atoms with Gasteiger partial charge in [-0.15, -0.1) is 0 Å². The van der Waals surface area contributed by atoms with Crippen LogP contribution in [-0.4, -0.2) is 34.1 Å². The van der Waals surface area contributed by atoms with E-state index in [4.69, 9.17) is 23.2 Å². The molecule has 0 unspecified atom stereocenters. The van der Waals surface area contributed by atoms with Crippen molar-refractivity contribution in [2.75, 3.05) is 19.6 Å². The Hall–Kier alpha value is -2.87. The highest BCUT2D eigenvalue weighted by molar-refractivity contribution is 6.35. The molecule has 2 aliphatic rings. The number of halogens is 1. The van der Waals surface area contributed by atoms with Gasteiger partial charge < -0.3 is 16.1 Å². The molecular formula is C26H31ClN6O. The fraction of sp³-hybridized carbons (Fsp3) is 0.385. The lowest BCUT2D eigenvalue weighted by Crippen LogP contribution is -2.34. The summed E-state index contributed by atoms with van der Waals surface area (Å²) in [7, 11) is 0. The predicted octanol–water partition coefficient (Wildman–Crippen LogP) is 3.51. The van der Waals surface area contributed by atoms with Crippen LogP contribution in [0.1, 0.15) is 56.0 Å². The van der Waals surface area contributed by atoms with Gasteiger partial charge in [-0.2, -0.15) is 4.98 Å². The van der Waals surface area contributed by atoms with E-state index < -0.39 is 0 Å². The average molecular weight is 479 g/mol. The van der Waals surface area contributed by atoms with Gasteiger partial charge in [0.15, 0.2) is 0 Å². The Morgan fingerprint density at radius 2 is 2.03 bits per heavy atom. The first kappa shape index (κ1) is 22.9. The van der Waals surface area contributed by atoms with E-state index in [1.807, 2.05) is 12.1 Å². The van der Waals surface area contributed by atoms with Gasteiger partial charge in [0.1, 0.15) is 5.82 Å². The molecule has 34 heavy (non-hydrogen) atoms. The number of piperidine rings is 1. The second-order valence-corrected chi connectivity index (χ2v) is 10.3. The third-order valence-corrected chi connectivity index (χ3v) is 7.72. The molecule has 3 aromatic rings. The van der Waals surface area contributed by atoms with Crippen molar-refractivity contribution >= 4 is 22.5 Å². The number of hydrogen-bond donors (Lipinski definition) is 3. The van der Waals surface area contributed by atoms with Crippen molar-refractivity contribution in [3.63, 3.8) is 0 Å². The average Bonchev–Trinajstić information content (AvgIpc) is 3.04. The van der Waals surface area contributed by atoms with Gasteiger partial charge in [-0.1, -0.05) is 29.8 Å². The van der Waals surface area contributed by atoms with E-state index in [2.05, 4.69) is 51.9 Å². The minimum absolute atomic E-state index is 0.266. The summed E-state index contributed by atoms with van der Waals surface area (Å²) < 4.78 is 2.11. The van der Waals surface area contributed by atoms with E-state index in [1.165, 1.54) is 11.1 Å². The van der Waals surface area contributed by atoms with Crippen LogP contribution in [0.15, 0.2) is 53.1 Å². The van der Waals surface area contributed by atoms with E-state index in [1.54, 1.807) is 12.3 Å². The van der Waals surface area contributed by atoms with Crippen molar-refractivity contribution in [3.8, 4) is 5.69 Å². The first-order valence-corrected chi connectivity index (χ1v) is 12.2. The minimum atomic E-state index is -0.372. The zero-order valence-corrected chi connectivity index (χ0v) is 20.4. The second-order valence-electron chi connectivity index (χ2n) is 9.86. The van der Waals surface area contributed by atoms with Gasteiger partial charge in [0.25, 0.3) is 5.56 Å². The molecular weight excluding hydrogens is 448 g/mol. The molecule has 0 saturated carbocycles. The number of hydrazine groups is 1. The van der Waals surface area contributed by atoms with Crippen LogP contribution >= 0.6 is 11.6 Å². The summed E-state index contributed by atoms with van der Waals surface area (Å²) in [5.74, 6) is 6.58. The highest BCUT2D eigenvalue weighted by Gasteiger charge is 2.39. The summed E-state index contributed by atoms with van der Waals surface area (Å²) in [6, 6.07) is 12.4. The van der Waals surface area contributed by atoms with Crippen LogP contribution in [0.25, 0.3) is 16.6 Å². The van der Waals surface area contributed by atoms with Gasteiger partial charge in [0.05, 0.1) is 27.0 Å². The normalized spacial score (nSPS) is 18.2. The van der Waals surface area contributed by atoms with Crippen molar-refractivity contribution in [3.05, 3.63) is 80.6 Å². The Bertz CT molecular complexity index is 1340. The van der Waals surface area contributed by atoms with Crippen molar-refractivity contribution < 1.29 is 0 Å². The Morgan fingerprint density at radius 1 is 1.26 bits per heavy atom. The highest BCUT2D eigenvalue weighted by atomic mass is 35.5. The molecule has 7 nitrogen and oxygen atoms in total. The number of fused-ring (bicyclic) bond motifs is 5. The quantitative estimate of drug-likeness (QED) is 0.383. The lowest BCUT2D eigenvalue weighted by molar-refractivity contribution is 0.214. The summed E-state index contributed by atoms with van der Waals surface area (Å²) in [5, 5.41) is 0.919. The van der Waals surface area contributed by atoms with E-state index in [-0.39, 0.29) is 11.0 Å². The number of benzene rings is 2. The molecule has 178 valence electrons. The lowest BCUT2D eigenvalue weighted by Gasteiger charge is -2.32. The second kappa shape index (κ2) is 8.73. The molecule has 1 aromatic heterocycles. The van der Waals surface area contributed by atoms with Crippen molar-refractivity contribution in [1.29, 1.82) is 0 Å². The Kier molecular flexibility index (Phi) is 5.88. The van der Waals surface area contributed by atoms with Gasteiger partial charge in [-0.05, 0) is 75.0 Å². The Balaban J connectivity index is 1.43. The molecule has 0 aliphatic carbocycles. The molecule has 0 bridgehead atoms. The third-order valence-electron chi connectivity index (χ3n) is 7.40. The molecule has 1 saturated heterocycles. The maximum absolute atomic E-state index is 12.8. The van der Waals surface area contributed by atoms with E-state index >= 15 is 0 Å². The van der Waals surface area contributed by atoms with E-state index in [9.17, 15) is 4.79 Å². The SMILES string of the molecule is CC1(C)c2cc(C3CCN(CC/C(N)=C/NN)CC3)ccc2-n2c1nc(=O)c1c(Cl)cccc12. The first-order valence-electron chi connectivity index (χ1n) is 11.8. The fourth-order valence-electron chi connectivity index (χ4n) is 5.47. The van der Waals surface area contributed by atoms with E-state index in [0.29, 0.717) is 16.3 Å². The van der Waals surface area contributed by atoms with Crippen LogP contribution < -0.4 is 22.6 Å². The zero-order chi connectivity index (χ0) is 24.0. The highest BCUT2D eigenvalue weighted by Crippen LogP contribution is 2.44. The number of nitrogens with zero attached hydrogens (tertiary/aromatic N) is 3. The van der Waals surface area contributed by atoms with Crippen LogP contribution in [0.4, 0.5) is 0 Å². The number of nitrogens with two attached hydrogens (primary N) is 2.